The van der Waals surface area contributed by atoms with Crippen LogP contribution in [0.2, 0.25) is 10.0 Å². The summed E-state index contributed by atoms with van der Waals surface area (Å²) in [5.74, 6) is 0.691. The van der Waals surface area contributed by atoms with Gasteiger partial charge in [-0.25, -0.2) is 4.39 Å². The van der Waals surface area contributed by atoms with Crippen molar-refractivity contribution in [1.29, 1.82) is 0 Å². The number of carbonyl (C=O) groups is 2. The van der Waals surface area contributed by atoms with Crippen LogP contribution in [0, 0.1) is 11.7 Å². The minimum atomic E-state index is -0.326. The number of fused-ring (bicyclic) bond motifs is 3. The number of piperidine rings is 1. The molecule has 2 fully saturated rings. The quantitative estimate of drug-likeness (QED) is 0.170. The predicted octanol–water partition coefficient (Wildman–Crippen LogP) is 7.93. The Kier molecular flexibility index (Phi) is 9.26. The number of hydrogen-bond acceptors (Lipinski definition) is 4. The number of nitrogens with zero attached hydrogens (tertiary/aromatic N) is 2. The first-order chi connectivity index (χ1) is 21.3. The Labute approximate surface area is 267 Å². The minimum Gasteiger partial charge on any atom is -0.495 e. The van der Waals surface area contributed by atoms with Crippen molar-refractivity contribution in [3.05, 3.63) is 99.4 Å². The first kappa shape index (κ1) is 30.6. The van der Waals surface area contributed by atoms with Crippen molar-refractivity contribution in [3.8, 4) is 5.75 Å². The van der Waals surface area contributed by atoms with Crippen LogP contribution in [0.3, 0.4) is 0 Å². The number of aryl methyl sites for hydroxylation is 1. The zero-order valence-corrected chi connectivity index (χ0v) is 26.2. The van der Waals surface area contributed by atoms with E-state index in [1.165, 1.54) is 12.1 Å². The fourth-order valence-electron chi connectivity index (χ4n) is 7.16. The van der Waals surface area contributed by atoms with E-state index in [-0.39, 0.29) is 24.1 Å². The fourth-order valence-corrected chi connectivity index (χ4v) is 7.46. The summed E-state index contributed by atoms with van der Waals surface area (Å²) in [5, 5.41) is 4.64. The SMILES string of the molecule is COc1cccc2c(C(=O)NCc3cccc(F)c3)cn(CCCN3[C@@H]4CC[C@H]3CC(CC(=O)c3ccc(Cl)c(Cl)c3)C4)c12. The van der Waals surface area contributed by atoms with Gasteiger partial charge in [0, 0.05) is 55.3 Å². The average Bonchev–Trinajstić information content (AvgIpc) is 3.50. The number of carbonyl (C=O) groups excluding carboxylic acids is 2. The second-order valence-electron chi connectivity index (χ2n) is 12.0. The van der Waals surface area contributed by atoms with Crippen LogP contribution >= 0.6 is 23.2 Å². The predicted molar refractivity (Wildman–Crippen MR) is 172 cm³/mol. The van der Waals surface area contributed by atoms with E-state index < -0.39 is 0 Å². The average molecular weight is 637 g/mol. The summed E-state index contributed by atoms with van der Waals surface area (Å²) in [5.41, 5.74) is 2.80. The summed E-state index contributed by atoms with van der Waals surface area (Å²) in [4.78, 5) is 28.9. The van der Waals surface area contributed by atoms with Gasteiger partial charge < -0.3 is 14.6 Å². The Morgan fingerprint density at radius 1 is 0.977 bits per heavy atom. The molecule has 4 aromatic rings. The third kappa shape index (κ3) is 6.51. The van der Waals surface area contributed by atoms with Crippen molar-refractivity contribution in [3.63, 3.8) is 0 Å². The number of Topliss-reactive ketones (excluding diaryl/α,β-unsaturated/α-hetero) is 1. The highest BCUT2D eigenvalue weighted by atomic mass is 35.5. The molecule has 9 heteroatoms. The van der Waals surface area contributed by atoms with E-state index in [1.807, 2.05) is 24.4 Å². The third-order valence-corrected chi connectivity index (χ3v) is 9.92. The second kappa shape index (κ2) is 13.3. The fraction of sp³-hybridized carbons (Fsp3) is 0.371. The lowest BCUT2D eigenvalue weighted by Crippen LogP contribution is -2.43. The van der Waals surface area contributed by atoms with Crippen LogP contribution < -0.4 is 10.1 Å². The number of hydrogen-bond donors (Lipinski definition) is 1. The van der Waals surface area contributed by atoms with Crippen molar-refractivity contribution < 1.29 is 18.7 Å². The van der Waals surface area contributed by atoms with Gasteiger partial charge in [-0.15, -0.1) is 0 Å². The number of para-hydroxylation sites is 1. The maximum Gasteiger partial charge on any atom is 0.253 e. The van der Waals surface area contributed by atoms with Gasteiger partial charge in [0.05, 0.1) is 28.2 Å². The highest BCUT2D eigenvalue weighted by Crippen LogP contribution is 2.40. The summed E-state index contributed by atoms with van der Waals surface area (Å²) in [6, 6.07) is 18.1. The highest BCUT2D eigenvalue weighted by Gasteiger charge is 2.40. The van der Waals surface area contributed by atoms with Crippen molar-refractivity contribution in [2.45, 2.75) is 63.7 Å². The highest BCUT2D eigenvalue weighted by molar-refractivity contribution is 6.42. The Morgan fingerprint density at radius 2 is 1.75 bits per heavy atom. The molecule has 2 bridgehead atoms. The van der Waals surface area contributed by atoms with E-state index in [0.29, 0.717) is 51.2 Å². The number of methoxy groups -OCH3 is 1. The minimum absolute atomic E-state index is 0.130. The van der Waals surface area contributed by atoms with Crippen molar-refractivity contribution in [1.82, 2.24) is 14.8 Å². The zero-order chi connectivity index (χ0) is 30.8. The first-order valence-electron chi connectivity index (χ1n) is 15.2. The number of benzene rings is 3. The van der Waals surface area contributed by atoms with Crippen LogP contribution in [0.1, 0.15) is 64.8 Å². The molecule has 44 heavy (non-hydrogen) atoms. The molecule has 0 saturated carbocycles. The molecule has 2 aliphatic heterocycles. The number of amides is 1. The largest absolute Gasteiger partial charge is 0.495 e. The first-order valence-corrected chi connectivity index (χ1v) is 16.0. The van der Waals surface area contributed by atoms with E-state index in [9.17, 15) is 14.0 Å². The van der Waals surface area contributed by atoms with Crippen LogP contribution in [-0.2, 0) is 13.1 Å². The van der Waals surface area contributed by atoms with Crippen LogP contribution in [0.4, 0.5) is 4.39 Å². The van der Waals surface area contributed by atoms with Gasteiger partial charge in [-0.3, -0.25) is 14.5 Å². The van der Waals surface area contributed by atoms with E-state index in [4.69, 9.17) is 27.9 Å². The smallest absolute Gasteiger partial charge is 0.253 e. The third-order valence-electron chi connectivity index (χ3n) is 9.18. The van der Waals surface area contributed by atoms with Gasteiger partial charge in [-0.2, -0.15) is 0 Å². The molecule has 0 aliphatic carbocycles. The van der Waals surface area contributed by atoms with Gasteiger partial charge >= 0.3 is 0 Å². The van der Waals surface area contributed by atoms with E-state index in [1.54, 1.807) is 37.4 Å². The van der Waals surface area contributed by atoms with Gasteiger partial charge in [0.1, 0.15) is 11.6 Å². The maximum absolute atomic E-state index is 13.6. The van der Waals surface area contributed by atoms with Gasteiger partial charge in [0.2, 0.25) is 0 Å². The lowest BCUT2D eigenvalue weighted by Gasteiger charge is -2.39. The van der Waals surface area contributed by atoms with Gasteiger partial charge in [0.25, 0.3) is 5.91 Å². The van der Waals surface area contributed by atoms with Gasteiger partial charge in [0.15, 0.2) is 5.78 Å². The lowest BCUT2D eigenvalue weighted by atomic mass is 9.85. The van der Waals surface area contributed by atoms with Gasteiger partial charge in [-0.05, 0) is 80.0 Å². The Bertz CT molecular complexity index is 1680. The topological polar surface area (TPSA) is 63.6 Å². The molecule has 1 unspecified atom stereocenters. The summed E-state index contributed by atoms with van der Waals surface area (Å²) in [7, 11) is 1.64. The van der Waals surface area contributed by atoms with Gasteiger partial charge in [-0.1, -0.05) is 47.5 Å². The lowest BCUT2D eigenvalue weighted by molar-refractivity contribution is 0.0807. The normalized spacial score (nSPS) is 19.8. The van der Waals surface area contributed by atoms with Crippen molar-refractivity contribution in [2.24, 2.45) is 5.92 Å². The molecule has 6 rings (SSSR count). The summed E-state index contributed by atoms with van der Waals surface area (Å²) in [6.07, 6.45) is 7.75. The molecule has 1 N–H and O–H groups in total. The van der Waals surface area contributed by atoms with E-state index in [2.05, 4.69) is 14.8 Å². The Hall–Kier alpha value is -3.39. The molecule has 2 aliphatic rings. The molecule has 2 saturated heterocycles. The molecule has 230 valence electrons. The molecule has 6 nitrogen and oxygen atoms in total. The Morgan fingerprint density at radius 3 is 2.48 bits per heavy atom. The van der Waals surface area contributed by atoms with Crippen LogP contribution in [0.25, 0.3) is 10.9 Å². The number of halogens is 3. The van der Waals surface area contributed by atoms with Crippen molar-refractivity contribution in [2.75, 3.05) is 13.7 Å². The van der Waals surface area contributed by atoms with Crippen molar-refractivity contribution >= 4 is 45.8 Å². The number of aromatic nitrogens is 1. The number of rotatable bonds is 11. The summed E-state index contributed by atoms with van der Waals surface area (Å²) < 4.78 is 21.4. The van der Waals surface area contributed by atoms with E-state index in [0.717, 1.165) is 61.8 Å². The molecule has 3 aromatic carbocycles. The Balaban J connectivity index is 1.09. The molecule has 3 atom stereocenters. The molecule has 0 radical (unpaired) electrons. The molecule has 1 amide bonds. The second-order valence-corrected chi connectivity index (χ2v) is 12.8. The van der Waals surface area contributed by atoms with Crippen LogP contribution in [0.15, 0.2) is 66.9 Å². The molecule has 1 aromatic heterocycles. The molecular formula is C35H36Cl2FN3O3. The molecular weight excluding hydrogens is 600 g/mol. The van der Waals surface area contributed by atoms with Crippen LogP contribution in [0.5, 0.6) is 5.75 Å². The summed E-state index contributed by atoms with van der Waals surface area (Å²) >= 11 is 12.2. The molecule has 3 heterocycles. The molecule has 0 spiro atoms. The number of nitrogens with one attached hydrogen (secondary N) is 1. The maximum atomic E-state index is 13.6. The zero-order valence-electron chi connectivity index (χ0n) is 24.7. The standard InChI is InChI=1S/C35H36Cl2FN3O3/c1-44-33-8-3-7-28-29(35(43)39-20-22-5-2-6-25(38)15-22)21-40(34(28)33)13-4-14-41-26-10-11-27(41)17-23(16-26)18-32(42)24-9-12-30(36)31(37)19-24/h2-3,5-9,12,15,19,21,23,26-27H,4,10-11,13-14,16-18,20H2,1H3,(H,39,43)/t23?,26-,27+. The summed E-state index contributed by atoms with van der Waals surface area (Å²) in [6.45, 7) is 1.94. The number of ether oxygens (including phenoxy) is 1. The van der Waals surface area contributed by atoms with Crippen LogP contribution in [-0.4, -0.2) is 46.9 Å². The van der Waals surface area contributed by atoms with E-state index >= 15 is 0 Å². The number of ketones is 1. The monoisotopic (exact) mass is 635 g/mol.